The summed E-state index contributed by atoms with van der Waals surface area (Å²) < 4.78 is 16.1. The van der Waals surface area contributed by atoms with Crippen molar-refractivity contribution in [2.24, 2.45) is 5.92 Å². The number of hydrogen-bond donors (Lipinski definition) is 2. The lowest BCUT2D eigenvalue weighted by Gasteiger charge is -2.25. The van der Waals surface area contributed by atoms with Crippen LogP contribution in [0.4, 0.5) is 4.79 Å². The molecule has 0 saturated carbocycles. The number of hydrogen-bond acceptors (Lipinski definition) is 5. The second-order valence-electron chi connectivity index (χ2n) is 8.52. The number of methoxy groups -OCH3 is 1. The molecule has 2 atom stereocenters. The molecule has 3 rings (SSSR count). The number of rotatable bonds is 10. The molecule has 0 spiro atoms. The van der Waals surface area contributed by atoms with E-state index in [-0.39, 0.29) is 25.1 Å². The molecule has 34 heavy (non-hydrogen) atoms. The standard InChI is InChI=1S/C26H33ClN2O5/c1-18(15-19-9-12-33-13-10-19)29-25(30)22-7-3-5-20(16-22)24(21-6-4-8-23(27)17-21)34-14-11-28-26(31)32-2/h3-8,16-19,24H,9-15H2,1-2H3,(H,28,31)(H,29,30)/t18-,24?/m1/s1. The van der Waals surface area contributed by atoms with Crippen molar-refractivity contribution in [1.82, 2.24) is 10.6 Å². The van der Waals surface area contributed by atoms with Crippen LogP contribution >= 0.6 is 11.6 Å². The van der Waals surface area contributed by atoms with Gasteiger partial charge in [0.1, 0.15) is 6.10 Å². The third-order valence-electron chi connectivity index (χ3n) is 5.85. The van der Waals surface area contributed by atoms with Crippen LogP contribution in [-0.4, -0.2) is 51.5 Å². The van der Waals surface area contributed by atoms with Crippen molar-refractivity contribution in [3.05, 3.63) is 70.2 Å². The van der Waals surface area contributed by atoms with Gasteiger partial charge in [0.2, 0.25) is 0 Å². The molecule has 2 aromatic rings. The zero-order valence-corrected chi connectivity index (χ0v) is 20.5. The van der Waals surface area contributed by atoms with Crippen molar-refractivity contribution in [3.8, 4) is 0 Å². The Morgan fingerprint density at radius 2 is 1.82 bits per heavy atom. The van der Waals surface area contributed by atoms with E-state index in [1.807, 2.05) is 43.3 Å². The van der Waals surface area contributed by atoms with Crippen molar-refractivity contribution in [1.29, 1.82) is 0 Å². The molecule has 0 bridgehead atoms. The van der Waals surface area contributed by atoms with E-state index in [2.05, 4.69) is 15.4 Å². The van der Waals surface area contributed by atoms with Crippen LogP contribution in [-0.2, 0) is 14.2 Å². The Bertz CT molecular complexity index is 948. The first-order valence-corrected chi connectivity index (χ1v) is 12.0. The van der Waals surface area contributed by atoms with Crippen LogP contribution in [0.25, 0.3) is 0 Å². The highest BCUT2D eigenvalue weighted by Gasteiger charge is 2.20. The van der Waals surface area contributed by atoms with Gasteiger partial charge in [-0.15, -0.1) is 0 Å². The summed E-state index contributed by atoms with van der Waals surface area (Å²) in [4.78, 5) is 24.3. The summed E-state index contributed by atoms with van der Waals surface area (Å²) in [6.45, 7) is 4.18. The maximum atomic E-state index is 13.0. The van der Waals surface area contributed by atoms with Gasteiger partial charge < -0.3 is 24.8 Å². The van der Waals surface area contributed by atoms with Crippen molar-refractivity contribution >= 4 is 23.6 Å². The smallest absolute Gasteiger partial charge is 0.406 e. The fraction of sp³-hybridized carbons (Fsp3) is 0.462. The number of carbonyl (C=O) groups excluding carboxylic acids is 2. The van der Waals surface area contributed by atoms with Gasteiger partial charge in [-0.2, -0.15) is 0 Å². The molecular weight excluding hydrogens is 456 g/mol. The molecule has 8 heteroatoms. The maximum absolute atomic E-state index is 13.0. The summed E-state index contributed by atoms with van der Waals surface area (Å²) in [5, 5.41) is 6.32. The predicted molar refractivity (Wildman–Crippen MR) is 131 cm³/mol. The van der Waals surface area contributed by atoms with Crippen LogP contribution in [0.2, 0.25) is 5.02 Å². The monoisotopic (exact) mass is 488 g/mol. The lowest BCUT2D eigenvalue weighted by Crippen LogP contribution is -2.35. The lowest BCUT2D eigenvalue weighted by molar-refractivity contribution is 0.0605. The minimum atomic E-state index is -0.517. The zero-order chi connectivity index (χ0) is 24.3. The number of carbonyl (C=O) groups is 2. The van der Waals surface area contributed by atoms with Crippen LogP contribution in [0, 0.1) is 5.92 Å². The second kappa shape index (κ2) is 13.3. The average molecular weight is 489 g/mol. The first kappa shape index (κ1) is 26.0. The predicted octanol–water partition coefficient (Wildman–Crippen LogP) is 4.74. The molecule has 1 saturated heterocycles. The largest absolute Gasteiger partial charge is 0.453 e. The van der Waals surface area contributed by atoms with E-state index < -0.39 is 12.2 Å². The zero-order valence-electron chi connectivity index (χ0n) is 19.7. The van der Waals surface area contributed by atoms with Crippen molar-refractivity contribution in [2.75, 3.05) is 33.5 Å². The lowest BCUT2D eigenvalue weighted by atomic mass is 9.93. The van der Waals surface area contributed by atoms with Gasteiger partial charge in [-0.1, -0.05) is 35.9 Å². The molecule has 1 fully saturated rings. The van der Waals surface area contributed by atoms with Gasteiger partial charge in [0, 0.05) is 36.4 Å². The van der Waals surface area contributed by atoms with Gasteiger partial charge in [0.05, 0.1) is 13.7 Å². The first-order chi connectivity index (χ1) is 16.5. The Balaban J connectivity index is 1.69. The van der Waals surface area contributed by atoms with Crippen molar-refractivity contribution < 1.29 is 23.8 Å². The topological polar surface area (TPSA) is 85.9 Å². The van der Waals surface area contributed by atoms with E-state index in [1.165, 1.54) is 7.11 Å². The summed E-state index contributed by atoms with van der Waals surface area (Å²) in [7, 11) is 1.31. The van der Waals surface area contributed by atoms with Crippen LogP contribution in [0.15, 0.2) is 48.5 Å². The van der Waals surface area contributed by atoms with Crippen molar-refractivity contribution in [2.45, 2.75) is 38.3 Å². The summed E-state index contributed by atoms with van der Waals surface area (Å²) >= 11 is 6.22. The van der Waals surface area contributed by atoms with Crippen molar-refractivity contribution in [3.63, 3.8) is 0 Å². The molecule has 2 amide bonds. The summed E-state index contributed by atoms with van der Waals surface area (Å²) in [6, 6.07) is 14.9. The Labute approximate surface area is 206 Å². The Morgan fingerprint density at radius 1 is 1.12 bits per heavy atom. The molecule has 0 aromatic heterocycles. The molecule has 1 aliphatic rings. The third kappa shape index (κ3) is 8.01. The first-order valence-electron chi connectivity index (χ1n) is 11.6. The maximum Gasteiger partial charge on any atom is 0.406 e. The Morgan fingerprint density at radius 3 is 2.53 bits per heavy atom. The minimum Gasteiger partial charge on any atom is -0.453 e. The van der Waals surface area contributed by atoms with Gasteiger partial charge in [0.15, 0.2) is 0 Å². The fourth-order valence-corrected chi connectivity index (χ4v) is 4.35. The number of ether oxygens (including phenoxy) is 3. The van der Waals surface area contributed by atoms with Gasteiger partial charge in [-0.25, -0.2) is 4.79 Å². The van der Waals surface area contributed by atoms with Gasteiger partial charge in [0.25, 0.3) is 5.91 Å². The molecular formula is C26H33ClN2O5. The van der Waals surface area contributed by atoms with E-state index in [9.17, 15) is 9.59 Å². The minimum absolute atomic E-state index is 0.0728. The quantitative estimate of drug-likeness (QED) is 0.472. The summed E-state index contributed by atoms with van der Waals surface area (Å²) in [5.41, 5.74) is 2.25. The van der Waals surface area contributed by atoms with Gasteiger partial charge in [-0.3, -0.25) is 4.79 Å². The van der Waals surface area contributed by atoms with Crippen LogP contribution < -0.4 is 10.6 Å². The summed E-state index contributed by atoms with van der Waals surface area (Å²) in [6.07, 6.45) is 2.05. The van der Waals surface area contributed by atoms with E-state index in [0.29, 0.717) is 16.5 Å². The molecule has 7 nitrogen and oxygen atoms in total. The highest BCUT2D eigenvalue weighted by molar-refractivity contribution is 6.30. The second-order valence-corrected chi connectivity index (χ2v) is 8.95. The number of halogens is 1. The average Bonchev–Trinajstić information content (AvgIpc) is 2.84. The normalized spacial score (nSPS) is 15.9. The number of alkyl carbamates (subject to hydrolysis) is 1. The molecule has 184 valence electrons. The molecule has 1 unspecified atom stereocenters. The molecule has 1 aliphatic heterocycles. The summed E-state index contributed by atoms with van der Waals surface area (Å²) in [5.74, 6) is 0.466. The van der Waals surface area contributed by atoms with Gasteiger partial charge in [-0.05, 0) is 67.5 Å². The molecule has 1 heterocycles. The van der Waals surface area contributed by atoms with E-state index >= 15 is 0 Å². The number of nitrogens with one attached hydrogen (secondary N) is 2. The Kier molecular flexibility index (Phi) is 10.2. The molecule has 2 aromatic carbocycles. The fourth-order valence-electron chi connectivity index (χ4n) is 4.15. The molecule has 0 radical (unpaired) electrons. The van der Waals surface area contributed by atoms with Crippen LogP contribution in [0.5, 0.6) is 0 Å². The SMILES string of the molecule is COC(=O)NCCOC(c1cccc(Cl)c1)c1cccc(C(=O)N[C@H](C)CC2CCOCC2)c1. The Hall–Kier alpha value is -2.61. The van der Waals surface area contributed by atoms with Crippen LogP contribution in [0.1, 0.15) is 53.8 Å². The van der Waals surface area contributed by atoms with Crippen LogP contribution in [0.3, 0.4) is 0 Å². The highest BCUT2D eigenvalue weighted by atomic mass is 35.5. The van der Waals surface area contributed by atoms with Gasteiger partial charge >= 0.3 is 6.09 Å². The number of amides is 2. The highest BCUT2D eigenvalue weighted by Crippen LogP contribution is 2.28. The number of benzene rings is 2. The van der Waals surface area contributed by atoms with E-state index in [1.54, 1.807) is 12.1 Å². The van der Waals surface area contributed by atoms with E-state index in [0.717, 1.165) is 43.6 Å². The molecule has 0 aliphatic carbocycles. The third-order valence-corrected chi connectivity index (χ3v) is 6.08. The van der Waals surface area contributed by atoms with E-state index in [4.69, 9.17) is 21.1 Å². The molecule has 2 N–H and O–H groups in total.